The van der Waals surface area contributed by atoms with Gasteiger partial charge >= 0.3 is 5.69 Å². The zero-order chi connectivity index (χ0) is 30.1. The Morgan fingerprint density at radius 3 is 2.51 bits per heavy atom. The molecule has 0 aliphatic carbocycles. The largest absolute Gasteiger partial charge is 0.353 e. The number of likely N-dealkylation sites (tertiary alicyclic amines) is 1. The number of thioether (sulfide) groups is 1. The number of carbonyl (C=O) groups excluding carboxylic acids is 2. The number of anilines is 1. The molecule has 12 heteroatoms. The van der Waals surface area contributed by atoms with E-state index < -0.39 is 0 Å². The Kier molecular flexibility index (Phi) is 8.45. The molecule has 0 bridgehead atoms. The van der Waals surface area contributed by atoms with E-state index in [1.54, 1.807) is 6.07 Å². The molecule has 0 spiro atoms. The van der Waals surface area contributed by atoms with Gasteiger partial charge in [0.1, 0.15) is 11.0 Å². The monoisotopic (exact) mass is 619 g/mol. The number of H-pyrrole nitrogens is 1. The summed E-state index contributed by atoms with van der Waals surface area (Å²) in [6.07, 6.45) is 1.43. The maximum Gasteiger partial charge on any atom is 0.326 e. The molecule has 2 aromatic heterocycles. The van der Waals surface area contributed by atoms with Gasteiger partial charge in [-0.15, -0.1) is 0 Å². The molecule has 2 amide bonds. The molecule has 6 rings (SSSR count). The van der Waals surface area contributed by atoms with Crippen molar-refractivity contribution >= 4 is 52.0 Å². The van der Waals surface area contributed by atoms with Gasteiger partial charge in [-0.3, -0.25) is 14.2 Å². The molecule has 2 fully saturated rings. The summed E-state index contributed by atoms with van der Waals surface area (Å²) in [5, 5.41) is 0.762. The summed E-state index contributed by atoms with van der Waals surface area (Å²) < 4.78 is 1.83. The van der Waals surface area contributed by atoms with Crippen molar-refractivity contribution in [3.05, 3.63) is 81.4 Å². The molecule has 1 atom stereocenters. The lowest BCUT2D eigenvalue weighted by molar-refractivity contribution is -0.129. The summed E-state index contributed by atoms with van der Waals surface area (Å²) in [7, 11) is 0. The second-order valence-electron chi connectivity index (χ2n) is 11.2. The fourth-order valence-corrected chi connectivity index (χ4v) is 6.95. The molecule has 0 unspecified atom stereocenters. The van der Waals surface area contributed by atoms with E-state index >= 15 is 0 Å². The summed E-state index contributed by atoms with van der Waals surface area (Å²) in [4.78, 5) is 56.6. The number of halogens is 1. The third-order valence-electron chi connectivity index (χ3n) is 8.30. The minimum absolute atomic E-state index is 0.0108. The third-order valence-corrected chi connectivity index (χ3v) is 9.33. The molecular weight excluding hydrogens is 586 g/mol. The topological polar surface area (TPSA) is 107 Å². The van der Waals surface area contributed by atoms with Crippen molar-refractivity contribution in [3.8, 4) is 0 Å². The standard InChI is InChI=1S/C31H34ClN7O3S/c1-20-7-9-22(10-8-20)29(41)38-16-15-37(18-21(38)2)27-17-26(32)34-30(35-27)43-19-28(40)36-13-11-23(12-14-36)39-25-6-4-3-5-24(25)33-31(39)42/h3-10,17,21,23H,11-16,18-19H2,1-2H3,(H,33,42)/t21-/m1/s1. The zero-order valence-corrected chi connectivity index (χ0v) is 25.8. The van der Waals surface area contributed by atoms with Crippen LogP contribution in [-0.4, -0.2) is 85.7 Å². The van der Waals surface area contributed by atoms with Gasteiger partial charge in [-0.25, -0.2) is 14.8 Å². The van der Waals surface area contributed by atoms with Crippen LogP contribution in [0.1, 0.15) is 41.7 Å². The van der Waals surface area contributed by atoms with Crippen LogP contribution in [0, 0.1) is 6.92 Å². The normalized spacial score (nSPS) is 17.9. The van der Waals surface area contributed by atoms with E-state index in [1.807, 2.05) is 76.7 Å². The molecule has 1 N–H and O–H groups in total. The summed E-state index contributed by atoms with van der Waals surface area (Å²) in [6, 6.07) is 17.1. The number of imidazole rings is 1. The molecule has 0 saturated carbocycles. The van der Waals surface area contributed by atoms with Crippen LogP contribution in [0.2, 0.25) is 5.15 Å². The van der Waals surface area contributed by atoms with Crippen molar-refractivity contribution in [1.82, 2.24) is 29.3 Å². The lowest BCUT2D eigenvalue weighted by Gasteiger charge is -2.40. The molecule has 10 nitrogen and oxygen atoms in total. The van der Waals surface area contributed by atoms with Gasteiger partial charge in [-0.1, -0.05) is 53.2 Å². The number of hydrogen-bond donors (Lipinski definition) is 1. The van der Waals surface area contributed by atoms with Crippen molar-refractivity contribution in [3.63, 3.8) is 0 Å². The fourth-order valence-electron chi connectivity index (χ4n) is 5.97. The Hall–Kier alpha value is -3.83. The van der Waals surface area contributed by atoms with Crippen molar-refractivity contribution in [2.24, 2.45) is 0 Å². The zero-order valence-electron chi connectivity index (χ0n) is 24.2. The van der Waals surface area contributed by atoms with E-state index in [2.05, 4.69) is 14.9 Å². The number of aryl methyl sites for hydroxylation is 1. The summed E-state index contributed by atoms with van der Waals surface area (Å²) in [5.41, 5.74) is 3.43. The predicted octanol–water partition coefficient (Wildman–Crippen LogP) is 4.39. The van der Waals surface area contributed by atoms with E-state index in [4.69, 9.17) is 16.6 Å². The van der Waals surface area contributed by atoms with Gasteiger partial charge in [-0.05, 0) is 51.0 Å². The Morgan fingerprint density at radius 2 is 1.77 bits per heavy atom. The molecule has 2 aromatic carbocycles. The van der Waals surface area contributed by atoms with Crippen LogP contribution in [0.15, 0.2) is 64.5 Å². The Balaban J connectivity index is 1.04. The quantitative estimate of drug-likeness (QED) is 0.194. The molecule has 0 radical (unpaired) electrons. The first-order chi connectivity index (χ1) is 20.8. The number of carbonyl (C=O) groups is 2. The Bertz CT molecular complexity index is 1700. The van der Waals surface area contributed by atoms with Gasteiger partial charge < -0.3 is 19.7 Å². The van der Waals surface area contributed by atoms with Gasteiger partial charge in [-0.2, -0.15) is 0 Å². The van der Waals surface area contributed by atoms with Gasteiger partial charge in [0.25, 0.3) is 5.91 Å². The minimum atomic E-state index is -0.107. The van der Waals surface area contributed by atoms with E-state index in [9.17, 15) is 14.4 Å². The summed E-state index contributed by atoms with van der Waals surface area (Å²) >= 11 is 7.65. The van der Waals surface area contributed by atoms with E-state index in [0.29, 0.717) is 67.3 Å². The van der Waals surface area contributed by atoms with Crippen LogP contribution in [0.4, 0.5) is 5.82 Å². The SMILES string of the molecule is Cc1ccc(C(=O)N2CCN(c3cc(Cl)nc(SCC(=O)N4CCC(n5c(=O)[nH]c6ccccc65)CC4)n3)C[C@H]2C)cc1. The van der Waals surface area contributed by atoms with Crippen molar-refractivity contribution < 1.29 is 9.59 Å². The van der Waals surface area contributed by atoms with Crippen LogP contribution in [0.5, 0.6) is 0 Å². The molecule has 224 valence electrons. The highest BCUT2D eigenvalue weighted by Gasteiger charge is 2.30. The lowest BCUT2D eigenvalue weighted by Crippen LogP contribution is -2.54. The number of piperazine rings is 1. The van der Waals surface area contributed by atoms with E-state index in [0.717, 1.165) is 16.6 Å². The van der Waals surface area contributed by atoms with Crippen LogP contribution in [-0.2, 0) is 4.79 Å². The highest BCUT2D eigenvalue weighted by molar-refractivity contribution is 7.99. The number of aromatic amines is 1. The highest BCUT2D eigenvalue weighted by Crippen LogP contribution is 2.27. The predicted molar refractivity (Wildman–Crippen MR) is 169 cm³/mol. The van der Waals surface area contributed by atoms with Gasteiger partial charge in [0.15, 0.2) is 5.16 Å². The van der Waals surface area contributed by atoms with E-state index in [1.165, 1.54) is 11.8 Å². The number of fused-ring (bicyclic) bond motifs is 1. The third kappa shape index (κ3) is 6.28. The second kappa shape index (κ2) is 12.4. The molecule has 2 aliphatic heterocycles. The summed E-state index contributed by atoms with van der Waals surface area (Å²) in [6.45, 7) is 7.01. The summed E-state index contributed by atoms with van der Waals surface area (Å²) in [5.74, 6) is 0.929. The number of piperidine rings is 1. The Morgan fingerprint density at radius 1 is 1.02 bits per heavy atom. The van der Waals surface area contributed by atoms with E-state index in [-0.39, 0.29) is 35.3 Å². The maximum atomic E-state index is 13.1. The van der Waals surface area contributed by atoms with Crippen molar-refractivity contribution in [1.29, 1.82) is 0 Å². The highest BCUT2D eigenvalue weighted by atomic mass is 35.5. The average Bonchev–Trinajstić information content (AvgIpc) is 3.35. The van der Waals surface area contributed by atoms with Crippen LogP contribution < -0.4 is 10.6 Å². The maximum absolute atomic E-state index is 13.1. The van der Waals surface area contributed by atoms with Crippen molar-refractivity contribution in [2.75, 3.05) is 43.4 Å². The number of para-hydroxylation sites is 2. The Labute approximate surface area is 259 Å². The lowest BCUT2D eigenvalue weighted by atomic mass is 10.0. The van der Waals surface area contributed by atoms with Crippen LogP contribution in [0.3, 0.4) is 0 Å². The molecule has 2 saturated heterocycles. The first kappa shape index (κ1) is 29.3. The number of amides is 2. The number of hydrogen-bond acceptors (Lipinski definition) is 7. The number of nitrogens with zero attached hydrogens (tertiary/aromatic N) is 6. The van der Waals surface area contributed by atoms with Crippen molar-refractivity contribution in [2.45, 2.75) is 43.9 Å². The molecule has 43 heavy (non-hydrogen) atoms. The fraction of sp³-hybridized carbons (Fsp3) is 0.387. The van der Waals surface area contributed by atoms with Gasteiger partial charge in [0.05, 0.1) is 16.8 Å². The van der Waals surface area contributed by atoms with Crippen LogP contribution >= 0.6 is 23.4 Å². The minimum Gasteiger partial charge on any atom is -0.353 e. The molecular formula is C31H34ClN7O3S. The van der Waals surface area contributed by atoms with Gasteiger partial charge in [0.2, 0.25) is 5.91 Å². The molecule has 4 heterocycles. The smallest absolute Gasteiger partial charge is 0.326 e. The number of benzene rings is 2. The first-order valence-electron chi connectivity index (χ1n) is 14.5. The number of rotatable bonds is 6. The van der Waals surface area contributed by atoms with Crippen LogP contribution in [0.25, 0.3) is 11.0 Å². The van der Waals surface area contributed by atoms with Gasteiger partial charge in [0, 0.05) is 56.4 Å². The number of nitrogens with one attached hydrogen (secondary N) is 1. The molecule has 2 aliphatic rings. The average molecular weight is 620 g/mol. The first-order valence-corrected chi connectivity index (χ1v) is 15.9. The molecule has 4 aromatic rings. The number of aromatic nitrogens is 4. The second-order valence-corrected chi connectivity index (χ2v) is 12.5.